The predicted octanol–water partition coefficient (Wildman–Crippen LogP) is 2.91. The normalized spacial score (nSPS) is 10.9. The van der Waals surface area contributed by atoms with Gasteiger partial charge in [-0.25, -0.2) is 0 Å². The first-order valence-corrected chi connectivity index (χ1v) is 4.32. The van der Waals surface area contributed by atoms with E-state index in [1.807, 2.05) is 6.07 Å². The van der Waals surface area contributed by atoms with E-state index in [1.165, 1.54) is 25.1 Å². The molecule has 2 nitrogen and oxygen atoms in total. The van der Waals surface area contributed by atoms with Gasteiger partial charge in [-0.2, -0.15) is 5.26 Å². The monoisotopic (exact) mass is 215 g/mol. The number of aromatic hydroxyl groups is 1. The Morgan fingerprint density at radius 3 is 2.54 bits per heavy atom. The maximum Gasteiger partial charge on any atom is 0.144 e. The van der Waals surface area contributed by atoms with Crippen LogP contribution in [0.5, 0.6) is 5.75 Å². The largest absolute Gasteiger partial charge is 0.508 e. The summed E-state index contributed by atoms with van der Waals surface area (Å²) in [5.41, 5.74) is 0.759. The highest BCUT2D eigenvalue weighted by Crippen LogP contribution is 2.38. The molecule has 1 rings (SSSR count). The number of rotatable bonds is 1. The van der Waals surface area contributed by atoms with Crippen LogP contribution in [0.3, 0.4) is 0 Å². The standard InChI is InChI=1S/C9H7Cl2NO/c1-9(10,11)7-4-6(5-12)2-3-8(7)13/h2-4,13H,1H3. The number of nitriles is 1. The van der Waals surface area contributed by atoms with E-state index in [1.54, 1.807) is 0 Å². The molecule has 0 aliphatic carbocycles. The van der Waals surface area contributed by atoms with Crippen molar-refractivity contribution in [1.82, 2.24) is 0 Å². The Balaban J connectivity index is 3.29. The molecule has 0 unspecified atom stereocenters. The molecule has 0 amide bonds. The minimum Gasteiger partial charge on any atom is -0.508 e. The van der Waals surface area contributed by atoms with Gasteiger partial charge in [0.25, 0.3) is 0 Å². The first kappa shape index (κ1) is 10.2. The Labute approximate surface area is 86.3 Å². The van der Waals surface area contributed by atoms with E-state index in [0.717, 1.165) is 0 Å². The topological polar surface area (TPSA) is 44.0 Å². The highest BCUT2D eigenvalue weighted by atomic mass is 35.5. The molecule has 68 valence electrons. The maximum atomic E-state index is 9.39. The van der Waals surface area contributed by atoms with Crippen LogP contribution in [0, 0.1) is 11.3 Å². The molecule has 1 aromatic rings. The van der Waals surface area contributed by atoms with E-state index in [0.29, 0.717) is 11.1 Å². The molecule has 0 aromatic heterocycles. The van der Waals surface area contributed by atoms with Crippen molar-refractivity contribution in [3.8, 4) is 11.8 Å². The molecule has 0 spiro atoms. The molecule has 0 aliphatic rings. The zero-order valence-electron chi connectivity index (χ0n) is 6.88. The summed E-state index contributed by atoms with van der Waals surface area (Å²) in [6.45, 7) is 1.53. The molecule has 0 radical (unpaired) electrons. The lowest BCUT2D eigenvalue weighted by atomic mass is 10.1. The van der Waals surface area contributed by atoms with Gasteiger partial charge in [0, 0.05) is 5.56 Å². The lowest BCUT2D eigenvalue weighted by Crippen LogP contribution is -2.04. The molecule has 0 aliphatic heterocycles. The highest BCUT2D eigenvalue weighted by Gasteiger charge is 2.23. The number of alkyl halides is 2. The third kappa shape index (κ3) is 2.27. The van der Waals surface area contributed by atoms with Crippen LogP contribution in [0.1, 0.15) is 18.1 Å². The van der Waals surface area contributed by atoms with Crippen molar-refractivity contribution in [3.63, 3.8) is 0 Å². The fraction of sp³-hybridized carbons (Fsp3) is 0.222. The second kappa shape index (κ2) is 3.45. The summed E-state index contributed by atoms with van der Waals surface area (Å²) in [6, 6.07) is 6.30. The first-order valence-electron chi connectivity index (χ1n) is 3.56. The van der Waals surface area contributed by atoms with Gasteiger partial charge in [-0.3, -0.25) is 0 Å². The molecule has 0 fully saturated rings. The Kier molecular flexibility index (Phi) is 2.70. The minimum absolute atomic E-state index is 0.00787. The average molecular weight is 216 g/mol. The Morgan fingerprint density at radius 1 is 1.46 bits per heavy atom. The zero-order chi connectivity index (χ0) is 10.1. The average Bonchev–Trinajstić information content (AvgIpc) is 2.03. The van der Waals surface area contributed by atoms with Gasteiger partial charge in [0.2, 0.25) is 0 Å². The number of benzene rings is 1. The van der Waals surface area contributed by atoms with Crippen LogP contribution in [0.4, 0.5) is 0 Å². The molecule has 0 atom stereocenters. The molecule has 0 saturated carbocycles. The number of halogens is 2. The molecule has 1 N–H and O–H groups in total. The van der Waals surface area contributed by atoms with E-state index in [9.17, 15) is 5.11 Å². The molecular formula is C9H7Cl2NO. The third-order valence-electron chi connectivity index (χ3n) is 1.60. The second-order valence-corrected chi connectivity index (χ2v) is 4.44. The van der Waals surface area contributed by atoms with Gasteiger partial charge in [0.15, 0.2) is 0 Å². The minimum atomic E-state index is -1.18. The molecule has 4 heteroatoms. The van der Waals surface area contributed by atoms with Crippen molar-refractivity contribution >= 4 is 23.2 Å². The van der Waals surface area contributed by atoms with Gasteiger partial charge in [-0.1, -0.05) is 23.2 Å². The molecular weight excluding hydrogens is 209 g/mol. The summed E-state index contributed by atoms with van der Waals surface area (Å²) in [6.07, 6.45) is 0. The number of phenolic OH excluding ortho intramolecular Hbond substituents is 1. The fourth-order valence-electron chi connectivity index (χ4n) is 0.957. The summed E-state index contributed by atoms with van der Waals surface area (Å²) in [5, 5.41) is 18.0. The SMILES string of the molecule is CC(Cl)(Cl)c1cc(C#N)ccc1O. The first-order chi connectivity index (χ1) is 5.95. The summed E-state index contributed by atoms with van der Waals surface area (Å²) in [7, 11) is 0. The second-order valence-electron chi connectivity index (χ2n) is 2.73. The number of nitrogens with zero attached hydrogens (tertiary/aromatic N) is 1. The molecule has 13 heavy (non-hydrogen) atoms. The van der Waals surface area contributed by atoms with Crippen LogP contribution in [-0.4, -0.2) is 5.11 Å². The van der Waals surface area contributed by atoms with Gasteiger partial charge >= 0.3 is 0 Å². The van der Waals surface area contributed by atoms with Crippen LogP contribution >= 0.6 is 23.2 Å². The van der Waals surface area contributed by atoms with Crippen LogP contribution in [0.15, 0.2) is 18.2 Å². The third-order valence-corrected chi connectivity index (χ3v) is 2.01. The van der Waals surface area contributed by atoms with E-state index < -0.39 is 4.33 Å². The van der Waals surface area contributed by atoms with E-state index >= 15 is 0 Å². The summed E-state index contributed by atoms with van der Waals surface area (Å²) < 4.78 is -1.18. The van der Waals surface area contributed by atoms with Crippen molar-refractivity contribution in [1.29, 1.82) is 5.26 Å². The van der Waals surface area contributed by atoms with Gasteiger partial charge in [0.05, 0.1) is 11.6 Å². The highest BCUT2D eigenvalue weighted by molar-refractivity contribution is 6.47. The van der Waals surface area contributed by atoms with Crippen molar-refractivity contribution in [3.05, 3.63) is 29.3 Å². The number of phenols is 1. The maximum absolute atomic E-state index is 9.39. The van der Waals surface area contributed by atoms with Crippen LogP contribution in [0.2, 0.25) is 0 Å². The Morgan fingerprint density at radius 2 is 2.08 bits per heavy atom. The van der Waals surface area contributed by atoms with E-state index in [4.69, 9.17) is 28.5 Å². The molecule has 0 heterocycles. The van der Waals surface area contributed by atoms with Gasteiger partial charge < -0.3 is 5.11 Å². The van der Waals surface area contributed by atoms with Crippen molar-refractivity contribution in [2.45, 2.75) is 11.3 Å². The predicted molar refractivity (Wildman–Crippen MR) is 51.9 cm³/mol. The van der Waals surface area contributed by atoms with Crippen molar-refractivity contribution < 1.29 is 5.11 Å². The quantitative estimate of drug-likeness (QED) is 0.733. The summed E-state index contributed by atoms with van der Waals surface area (Å²) in [4.78, 5) is 0. The zero-order valence-corrected chi connectivity index (χ0v) is 8.39. The number of hydrogen-bond donors (Lipinski definition) is 1. The van der Waals surface area contributed by atoms with Crippen LogP contribution < -0.4 is 0 Å². The van der Waals surface area contributed by atoms with Gasteiger partial charge in [-0.05, 0) is 25.1 Å². The van der Waals surface area contributed by atoms with Crippen molar-refractivity contribution in [2.75, 3.05) is 0 Å². The van der Waals surface area contributed by atoms with Crippen LogP contribution in [-0.2, 0) is 4.33 Å². The smallest absolute Gasteiger partial charge is 0.144 e. The van der Waals surface area contributed by atoms with E-state index in [2.05, 4.69) is 0 Å². The van der Waals surface area contributed by atoms with Crippen LogP contribution in [0.25, 0.3) is 0 Å². The molecule has 0 bridgehead atoms. The molecule has 0 saturated heterocycles. The summed E-state index contributed by atoms with van der Waals surface area (Å²) in [5.74, 6) is -0.00787. The fourth-order valence-corrected chi connectivity index (χ4v) is 1.26. The Bertz CT molecular complexity index is 363. The lowest BCUT2D eigenvalue weighted by Gasteiger charge is -2.15. The Hall–Kier alpha value is -0.910. The van der Waals surface area contributed by atoms with Gasteiger partial charge in [-0.15, -0.1) is 0 Å². The number of hydrogen-bond acceptors (Lipinski definition) is 2. The van der Waals surface area contributed by atoms with Crippen molar-refractivity contribution in [2.24, 2.45) is 0 Å². The summed E-state index contributed by atoms with van der Waals surface area (Å²) >= 11 is 11.6. The van der Waals surface area contributed by atoms with Gasteiger partial charge in [0.1, 0.15) is 10.1 Å². The van der Waals surface area contributed by atoms with E-state index in [-0.39, 0.29) is 5.75 Å². The molecule has 1 aromatic carbocycles. The lowest BCUT2D eigenvalue weighted by molar-refractivity contribution is 0.466.